The Hall–Kier alpha value is -2.84. The third kappa shape index (κ3) is 4.12. The molecule has 0 radical (unpaired) electrons. The van der Waals surface area contributed by atoms with E-state index in [4.69, 9.17) is 31.5 Å². The van der Waals surface area contributed by atoms with Gasteiger partial charge in [0.25, 0.3) is 0 Å². The summed E-state index contributed by atoms with van der Waals surface area (Å²) < 4.78 is 29.7. The third-order valence-electron chi connectivity index (χ3n) is 5.49. The van der Waals surface area contributed by atoms with Gasteiger partial charge in [-0.2, -0.15) is 0 Å². The van der Waals surface area contributed by atoms with E-state index in [0.717, 1.165) is 15.3 Å². The predicted octanol–water partition coefficient (Wildman–Crippen LogP) is 4.89. The van der Waals surface area contributed by atoms with E-state index in [1.807, 2.05) is 13.0 Å². The fourth-order valence-corrected chi connectivity index (χ4v) is 5.31. The summed E-state index contributed by atoms with van der Waals surface area (Å²) in [6.07, 6.45) is 1.64. The van der Waals surface area contributed by atoms with Gasteiger partial charge in [-0.15, -0.1) is 11.3 Å². The van der Waals surface area contributed by atoms with Gasteiger partial charge in [-0.05, 0) is 37.6 Å². The Balaban J connectivity index is 1.70. The van der Waals surface area contributed by atoms with Crippen molar-refractivity contribution < 1.29 is 28.2 Å². The number of ketones is 1. The van der Waals surface area contributed by atoms with Gasteiger partial charge in [0.2, 0.25) is 5.88 Å². The van der Waals surface area contributed by atoms with Crippen molar-refractivity contribution >= 4 is 34.7 Å². The summed E-state index contributed by atoms with van der Waals surface area (Å²) in [5, 5.41) is 0.175. The number of carbonyl (C=O) groups is 2. The molecule has 32 heavy (non-hydrogen) atoms. The van der Waals surface area contributed by atoms with Crippen LogP contribution < -0.4 is 10.5 Å². The zero-order valence-electron chi connectivity index (χ0n) is 17.5. The van der Waals surface area contributed by atoms with Gasteiger partial charge in [-0.1, -0.05) is 11.6 Å². The molecule has 0 amide bonds. The number of Topliss-reactive ketones (excluding diaryl/α,β-unsaturated/α-hetero) is 1. The second-order valence-corrected chi connectivity index (χ2v) is 9.21. The Morgan fingerprint density at radius 3 is 2.84 bits per heavy atom. The highest BCUT2D eigenvalue weighted by Gasteiger charge is 2.42. The van der Waals surface area contributed by atoms with Crippen molar-refractivity contribution in [1.29, 1.82) is 0 Å². The molecule has 0 fully saturated rings. The molecule has 6 nitrogen and oxygen atoms in total. The monoisotopic (exact) mass is 477 g/mol. The largest absolute Gasteiger partial charge is 0.487 e. The van der Waals surface area contributed by atoms with Gasteiger partial charge in [0.05, 0.1) is 18.1 Å². The molecule has 0 saturated carbocycles. The standard InChI is InChI=1S/C23H21ClFNO5S/c1-11-12(10-30-16-7-6-13(25)9-14(16)24)8-18(32-11)20-19-15(27)4-3-5-17(19)31-22(26)21(20)23(28)29-2/h6-9,20H,3-5,10,26H2,1-2H3. The van der Waals surface area contributed by atoms with Gasteiger partial charge in [0.1, 0.15) is 29.5 Å². The van der Waals surface area contributed by atoms with Crippen LogP contribution >= 0.6 is 22.9 Å². The Labute approximate surface area is 193 Å². The first kappa shape index (κ1) is 22.4. The first-order valence-electron chi connectivity index (χ1n) is 9.99. The normalized spacial score (nSPS) is 18.4. The van der Waals surface area contributed by atoms with Crippen LogP contribution in [0.25, 0.3) is 0 Å². The molecule has 1 aromatic heterocycles. The number of halogens is 2. The average Bonchev–Trinajstić information content (AvgIpc) is 3.12. The maximum Gasteiger partial charge on any atom is 0.340 e. The number of methoxy groups -OCH3 is 1. The third-order valence-corrected chi connectivity index (χ3v) is 6.94. The summed E-state index contributed by atoms with van der Waals surface area (Å²) in [5.41, 5.74) is 7.52. The number of hydrogen-bond acceptors (Lipinski definition) is 7. The Morgan fingerprint density at radius 1 is 1.34 bits per heavy atom. The number of carbonyl (C=O) groups excluding carboxylic acids is 2. The minimum absolute atomic E-state index is 0.0442. The number of rotatable bonds is 5. The lowest BCUT2D eigenvalue weighted by atomic mass is 9.80. The lowest BCUT2D eigenvalue weighted by Gasteiger charge is -2.31. The van der Waals surface area contributed by atoms with Crippen molar-refractivity contribution in [2.24, 2.45) is 5.73 Å². The van der Waals surface area contributed by atoms with Crippen LogP contribution in [0.4, 0.5) is 4.39 Å². The molecule has 1 atom stereocenters. The molecule has 4 rings (SSSR count). The molecule has 2 heterocycles. The van der Waals surface area contributed by atoms with Gasteiger partial charge >= 0.3 is 5.97 Å². The van der Waals surface area contributed by atoms with Crippen LogP contribution in [0, 0.1) is 12.7 Å². The van der Waals surface area contributed by atoms with Gasteiger partial charge in [-0.25, -0.2) is 9.18 Å². The van der Waals surface area contributed by atoms with E-state index in [2.05, 4.69) is 0 Å². The molecule has 1 aliphatic carbocycles. The molecule has 2 N–H and O–H groups in total. The molecule has 0 bridgehead atoms. The van der Waals surface area contributed by atoms with Gasteiger partial charge < -0.3 is 19.9 Å². The average molecular weight is 478 g/mol. The van der Waals surface area contributed by atoms with Gasteiger partial charge in [0.15, 0.2) is 5.78 Å². The topological polar surface area (TPSA) is 87.9 Å². The number of thiophene rings is 1. The predicted molar refractivity (Wildman–Crippen MR) is 118 cm³/mol. The number of aryl methyl sites for hydroxylation is 1. The highest BCUT2D eigenvalue weighted by atomic mass is 35.5. The molecule has 0 saturated heterocycles. The van der Waals surface area contributed by atoms with Crippen molar-refractivity contribution in [3.8, 4) is 5.75 Å². The number of nitrogens with two attached hydrogens (primary N) is 1. The Bertz CT molecular complexity index is 1170. The lowest BCUT2D eigenvalue weighted by Crippen LogP contribution is -2.30. The number of ether oxygens (including phenoxy) is 3. The smallest absolute Gasteiger partial charge is 0.340 e. The van der Waals surface area contributed by atoms with Crippen molar-refractivity contribution in [2.45, 2.75) is 38.7 Å². The quantitative estimate of drug-likeness (QED) is 0.617. The molecule has 9 heteroatoms. The van der Waals surface area contributed by atoms with Gasteiger partial charge in [0, 0.05) is 33.7 Å². The molecule has 1 aromatic carbocycles. The maximum atomic E-state index is 13.3. The summed E-state index contributed by atoms with van der Waals surface area (Å²) in [5.74, 6) is -0.983. The number of hydrogen-bond donors (Lipinski definition) is 1. The van der Waals surface area contributed by atoms with E-state index in [1.54, 1.807) is 0 Å². The fourth-order valence-electron chi connectivity index (χ4n) is 3.93. The van der Waals surface area contributed by atoms with Crippen LogP contribution in [0.3, 0.4) is 0 Å². The van der Waals surface area contributed by atoms with Crippen LogP contribution in [-0.2, 0) is 25.7 Å². The lowest BCUT2D eigenvalue weighted by molar-refractivity contribution is -0.136. The van der Waals surface area contributed by atoms with Crippen molar-refractivity contribution in [2.75, 3.05) is 7.11 Å². The van der Waals surface area contributed by atoms with Crippen LogP contribution in [0.2, 0.25) is 5.02 Å². The number of benzene rings is 1. The van der Waals surface area contributed by atoms with E-state index in [0.29, 0.717) is 36.3 Å². The summed E-state index contributed by atoms with van der Waals surface area (Å²) in [4.78, 5) is 27.1. The summed E-state index contributed by atoms with van der Waals surface area (Å²) in [7, 11) is 1.26. The highest BCUT2D eigenvalue weighted by Crippen LogP contribution is 2.46. The van der Waals surface area contributed by atoms with Crippen LogP contribution in [0.15, 0.2) is 47.1 Å². The zero-order valence-corrected chi connectivity index (χ0v) is 19.1. The minimum Gasteiger partial charge on any atom is -0.487 e. The van der Waals surface area contributed by atoms with Crippen molar-refractivity contribution in [3.05, 3.63) is 73.2 Å². The summed E-state index contributed by atoms with van der Waals surface area (Å²) in [6, 6.07) is 5.81. The van der Waals surface area contributed by atoms with E-state index >= 15 is 0 Å². The van der Waals surface area contributed by atoms with Crippen LogP contribution in [0.5, 0.6) is 5.75 Å². The van der Waals surface area contributed by atoms with E-state index in [1.165, 1.54) is 36.6 Å². The van der Waals surface area contributed by atoms with Crippen molar-refractivity contribution in [3.63, 3.8) is 0 Å². The Morgan fingerprint density at radius 2 is 2.12 bits per heavy atom. The van der Waals surface area contributed by atoms with Gasteiger partial charge in [-0.3, -0.25) is 4.79 Å². The molecule has 2 aliphatic rings. The molecule has 168 valence electrons. The highest BCUT2D eigenvalue weighted by molar-refractivity contribution is 7.12. The van der Waals surface area contributed by atoms with Crippen molar-refractivity contribution in [1.82, 2.24) is 0 Å². The molecule has 2 aromatic rings. The number of esters is 1. The minimum atomic E-state index is -0.661. The Kier molecular flexibility index (Phi) is 6.26. The first-order valence-corrected chi connectivity index (χ1v) is 11.2. The summed E-state index contributed by atoms with van der Waals surface area (Å²) in [6.45, 7) is 2.10. The van der Waals surface area contributed by atoms with Crippen LogP contribution in [-0.4, -0.2) is 18.9 Å². The molecule has 0 spiro atoms. The second kappa shape index (κ2) is 8.96. The number of allylic oxidation sites excluding steroid dienone is 2. The zero-order chi connectivity index (χ0) is 23.0. The molecular weight excluding hydrogens is 457 g/mol. The maximum absolute atomic E-state index is 13.3. The molecule has 1 aliphatic heterocycles. The van der Waals surface area contributed by atoms with E-state index in [9.17, 15) is 14.0 Å². The fraction of sp³-hybridized carbons (Fsp3) is 0.304. The SMILES string of the molecule is COC(=O)C1=C(N)OC2=C(C(=O)CCC2)C1c1cc(COc2ccc(F)cc2Cl)c(C)s1. The molecular formula is C23H21ClFNO5S. The van der Waals surface area contributed by atoms with E-state index in [-0.39, 0.29) is 28.9 Å². The second-order valence-electron chi connectivity index (χ2n) is 7.51. The molecule has 1 unspecified atom stereocenters. The van der Waals surface area contributed by atoms with E-state index < -0.39 is 17.7 Å². The summed E-state index contributed by atoms with van der Waals surface area (Å²) >= 11 is 7.49. The first-order chi connectivity index (χ1) is 15.3. The van der Waals surface area contributed by atoms with Crippen LogP contribution in [0.1, 0.15) is 40.5 Å².